The molecule has 0 aliphatic carbocycles. The number of carbonyl (C=O) groups excluding carboxylic acids is 2. The predicted molar refractivity (Wildman–Crippen MR) is 137 cm³/mol. The van der Waals surface area contributed by atoms with Gasteiger partial charge >= 0.3 is 23.9 Å². The molecule has 4 N–H and O–H groups in total. The van der Waals surface area contributed by atoms with Gasteiger partial charge in [0, 0.05) is 19.3 Å². The molecule has 12 heteroatoms. The largest absolute Gasteiger partial charge is 0.477 e. The maximum Gasteiger partial charge on any atom is 0.368 e. The topological polar surface area (TPSA) is 167 Å². The second kappa shape index (κ2) is 13.5. The van der Waals surface area contributed by atoms with Crippen molar-refractivity contribution in [1.82, 2.24) is 5.32 Å². The van der Waals surface area contributed by atoms with Crippen LogP contribution < -0.4 is 5.32 Å². The monoisotopic (exact) mass is 587 g/mol. The van der Waals surface area contributed by atoms with Gasteiger partial charge in [-0.3, -0.25) is 9.28 Å². The molecule has 11 nitrogen and oxygen atoms in total. The van der Waals surface area contributed by atoms with Crippen molar-refractivity contribution in [3.63, 3.8) is 0 Å². The van der Waals surface area contributed by atoms with Gasteiger partial charge in [-0.1, -0.05) is 67.0 Å². The van der Waals surface area contributed by atoms with Gasteiger partial charge in [0.15, 0.2) is 18.6 Å². The summed E-state index contributed by atoms with van der Waals surface area (Å²) in [6.45, 7) is 4.00. The Morgan fingerprint density at radius 2 is 1.43 bits per heavy atom. The number of hydrogen-bond donors (Lipinski definition) is 4. The molecule has 206 valence electrons. The molecule has 0 saturated heterocycles. The van der Waals surface area contributed by atoms with E-state index in [1.807, 2.05) is 0 Å². The highest BCUT2D eigenvalue weighted by Gasteiger charge is 2.72. The number of nitrogens with zero attached hydrogens (tertiary/aromatic N) is 1. The van der Waals surface area contributed by atoms with E-state index < -0.39 is 64.5 Å². The molecule has 1 amide bonds. The van der Waals surface area contributed by atoms with Crippen LogP contribution in [0.1, 0.15) is 58.6 Å². The lowest BCUT2D eigenvalue weighted by Crippen LogP contribution is -2.83. The Labute approximate surface area is 224 Å². The summed E-state index contributed by atoms with van der Waals surface area (Å²) in [5, 5.41) is 33.6. The van der Waals surface area contributed by atoms with E-state index in [1.165, 1.54) is 6.92 Å². The first-order valence-corrected chi connectivity index (χ1v) is 13.1. The number of alkyl halides is 1. The molecular weight excluding hydrogens is 552 g/mol. The molecule has 0 spiro atoms. The lowest BCUT2D eigenvalue weighted by molar-refractivity contribution is -0.994. The first-order chi connectivity index (χ1) is 17.4. The molecule has 0 aliphatic rings. The number of amides is 1. The number of benzene rings is 1. The summed E-state index contributed by atoms with van der Waals surface area (Å²) >= 11 is 3.06. The van der Waals surface area contributed by atoms with Gasteiger partial charge in [0.1, 0.15) is 6.04 Å². The van der Waals surface area contributed by atoms with Crippen LogP contribution >= 0.6 is 15.9 Å². The highest BCUT2D eigenvalue weighted by atomic mass is 79.9. The minimum atomic E-state index is -2.32. The average molecular weight is 588 g/mol. The first kappa shape index (κ1) is 32.0. The van der Waals surface area contributed by atoms with Crippen LogP contribution in [0, 0.1) is 0 Å². The Morgan fingerprint density at radius 1 is 0.919 bits per heavy atom. The summed E-state index contributed by atoms with van der Waals surface area (Å²) in [6, 6.07) is 6.63. The lowest BCUT2D eigenvalue weighted by Gasteiger charge is -2.59. The van der Waals surface area contributed by atoms with Crippen LogP contribution in [-0.2, 0) is 28.7 Å². The third kappa shape index (κ3) is 5.96. The number of carboxylic acid groups (broad SMARTS) is 3. The fourth-order valence-electron chi connectivity index (χ4n) is 5.60. The van der Waals surface area contributed by atoms with Gasteiger partial charge < -0.3 is 25.4 Å². The van der Waals surface area contributed by atoms with E-state index in [9.17, 15) is 39.3 Å². The van der Waals surface area contributed by atoms with Gasteiger partial charge in [-0.15, -0.1) is 0 Å². The molecule has 0 heterocycles. The molecule has 0 fully saturated rings. The number of hydrogen-bond acceptors (Lipinski definition) is 6. The van der Waals surface area contributed by atoms with E-state index in [0.29, 0.717) is 5.56 Å². The number of rotatable bonds is 16. The van der Waals surface area contributed by atoms with E-state index in [1.54, 1.807) is 51.1 Å². The normalized spacial score (nSPS) is 14.2. The Bertz CT molecular complexity index is 966. The van der Waals surface area contributed by atoms with Crippen molar-refractivity contribution in [2.75, 3.05) is 25.0 Å². The number of carboxylic acids is 3. The van der Waals surface area contributed by atoms with E-state index in [2.05, 4.69) is 21.2 Å². The van der Waals surface area contributed by atoms with Crippen molar-refractivity contribution in [2.24, 2.45) is 0 Å². The number of ether oxygens (including phenoxy) is 1. The zero-order valence-electron chi connectivity index (χ0n) is 21.5. The Kier molecular flexibility index (Phi) is 11.7. The smallest absolute Gasteiger partial charge is 0.368 e. The summed E-state index contributed by atoms with van der Waals surface area (Å²) in [4.78, 5) is 64.7. The number of nitrogens with one attached hydrogen (secondary N) is 1. The average Bonchev–Trinajstić information content (AvgIpc) is 2.84. The fraction of sp³-hybridized carbons (Fsp3) is 0.560. The van der Waals surface area contributed by atoms with E-state index in [-0.39, 0.29) is 31.2 Å². The van der Waals surface area contributed by atoms with Crippen molar-refractivity contribution in [2.45, 2.75) is 64.1 Å². The third-order valence-electron chi connectivity index (χ3n) is 7.17. The first-order valence-electron chi connectivity index (χ1n) is 12.0. The van der Waals surface area contributed by atoms with Gasteiger partial charge in [-0.05, 0) is 12.5 Å². The summed E-state index contributed by atoms with van der Waals surface area (Å²) in [7, 11) is 0. The summed E-state index contributed by atoms with van der Waals surface area (Å²) in [6.07, 6.45) is -0.566. The second-order valence-electron chi connectivity index (χ2n) is 8.66. The predicted octanol–water partition coefficient (Wildman–Crippen LogP) is 2.58. The SMILES string of the molecule is CCOC(=O)C(CC)(CC)[N+](CC(=O)O)(CC(=O)O)C(CC)(C(=O)O)C(NC(=O)CBr)c1ccccc1. The van der Waals surface area contributed by atoms with Gasteiger partial charge in [0.25, 0.3) is 0 Å². The standard InChI is InChI=1S/C25H35BrN2O9/c1-5-24(6-2,23(36)37-8-4)28(15-19(30)31,16-20(32)33)25(7-3,22(34)35)21(27-18(29)14-26)17-12-10-9-11-13-17/h9-13,21H,5-8,14-16H2,1-4H3,(H3-,27,29,30,31,32,33,34,35)/p+1. The quantitative estimate of drug-likeness (QED) is 0.129. The van der Waals surface area contributed by atoms with E-state index in [0.717, 1.165) is 0 Å². The Hall–Kier alpha value is -2.99. The van der Waals surface area contributed by atoms with Crippen LogP contribution in [0.15, 0.2) is 30.3 Å². The van der Waals surface area contributed by atoms with Crippen LogP contribution in [0.5, 0.6) is 0 Å². The maximum atomic E-state index is 13.6. The number of esters is 1. The molecule has 1 aromatic carbocycles. The number of halogens is 1. The minimum Gasteiger partial charge on any atom is -0.477 e. The molecule has 0 radical (unpaired) electrons. The summed E-state index contributed by atoms with van der Waals surface area (Å²) < 4.78 is 4.12. The molecule has 1 rings (SSSR count). The van der Waals surface area contributed by atoms with Crippen molar-refractivity contribution in [3.8, 4) is 0 Å². The number of aliphatic carboxylic acids is 3. The Balaban J connectivity index is 4.45. The Morgan fingerprint density at radius 3 is 1.78 bits per heavy atom. The number of quaternary nitrogens is 1. The van der Waals surface area contributed by atoms with Crippen LogP contribution in [0.4, 0.5) is 0 Å². The molecule has 1 aromatic rings. The minimum absolute atomic E-state index is 0.0879. The molecule has 0 saturated carbocycles. The van der Waals surface area contributed by atoms with Crippen LogP contribution in [-0.4, -0.2) is 85.7 Å². The zero-order chi connectivity index (χ0) is 28.4. The molecule has 37 heavy (non-hydrogen) atoms. The summed E-state index contributed by atoms with van der Waals surface area (Å²) in [5.74, 6) is -6.08. The van der Waals surface area contributed by atoms with Gasteiger partial charge in [-0.2, -0.15) is 0 Å². The molecule has 0 bridgehead atoms. The fourth-order valence-corrected chi connectivity index (χ4v) is 5.77. The van der Waals surface area contributed by atoms with Crippen molar-refractivity contribution in [1.29, 1.82) is 0 Å². The molecule has 2 atom stereocenters. The molecular formula is C25H36BrN2O9+. The van der Waals surface area contributed by atoms with Gasteiger partial charge in [0.05, 0.1) is 11.9 Å². The van der Waals surface area contributed by atoms with Crippen molar-refractivity contribution >= 4 is 45.7 Å². The second-order valence-corrected chi connectivity index (χ2v) is 9.22. The molecule has 0 aliphatic heterocycles. The highest BCUT2D eigenvalue weighted by molar-refractivity contribution is 9.09. The lowest BCUT2D eigenvalue weighted by atomic mass is 9.72. The van der Waals surface area contributed by atoms with Crippen LogP contribution in [0.3, 0.4) is 0 Å². The van der Waals surface area contributed by atoms with Crippen molar-refractivity contribution in [3.05, 3.63) is 35.9 Å². The highest BCUT2D eigenvalue weighted by Crippen LogP contribution is 2.49. The van der Waals surface area contributed by atoms with Gasteiger partial charge in [0.2, 0.25) is 11.4 Å². The van der Waals surface area contributed by atoms with Gasteiger partial charge in [-0.25, -0.2) is 19.2 Å². The molecule has 2 unspecified atom stereocenters. The van der Waals surface area contributed by atoms with Crippen LogP contribution in [0.2, 0.25) is 0 Å². The third-order valence-corrected chi connectivity index (χ3v) is 7.67. The van der Waals surface area contributed by atoms with Crippen molar-refractivity contribution < 1.29 is 48.5 Å². The van der Waals surface area contributed by atoms with E-state index in [4.69, 9.17) is 4.74 Å². The van der Waals surface area contributed by atoms with E-state index >= 15 is 0 Å². The zero-order valence-corrected chi connectivity index (χ0v) is 23.1. The maximum absolute atomic E-state index is 13.6. The summed E-state index contributed by atoms with van der Waals surface area (Å²) in [5.41, 5.74) is -3.91. The van der Waals surface area contributed by atoms with Crippen LogP contribution in [0.25, 0.3) is 0 Å². The number of carbonyl (C=O) groups is 5. The molecule has 0 aromatic heterocycles.